The highest BCUT2D eigenvalue weighted by Gasteiger charge is 2.30. The zero-order valence-electron chi connectivity index (χ0n) is 14.2. The molecular formula is C18H20Cl2N2O2S. The molecule has 0 saturated carbocycles. The lowest BCUT2D eigenvalue weighted by Crippen LogP contribution is -2.48. The van der Waals surface area contributed by atoms with E-state index in [0.29, 0.717) is 46.7 Å². The lowest BCUT2D eigenvalue weighted by atomic mass is 10.2. The molecule has 2 aromatic carbocycles. The second-order valence-corrected chi connectivity index (χ2v) is 8.98. The number of aryl methyl sites for hydroxylation is 2. The van der Waals surface area contributed by atoms with E-state index >= 15 is 0 Å². The predicted molar refractivity (Wildman–Crippen MR) is 103 cm³/mol. The Hall–Kier alpha value is -1.27. The van der Waals surface area contributed by atoms with Crippen molar-refractivity contribution in [3.8, 4) is 0 Å². The summed E-state index contributed by atoms with van der Waals surface area (Å²) in [5, 5.41) is 1.28. The van der Waals surface area contributed by atoms with Crippen LogP contribution in [0.3, 0.4) is 0 Å². The molecule has 7 heteroatoms. The molecule has 0 aromatic heterocycles. The van der Waals surface area contributed by atoms with Crippen molar-refractivity contribution < 1.29 is 8.42 Å². The molecule has 0 N–H and O–H groups in total. The summed E-state index contributed by atoms with van der Waals surface area (Å²) in [6, 6.07) is 11.0. The Labute approximate surface area is 159 Å². The highest BCUT2D eigenvalue weighted by Crippen LogP contribution is 2.28. The molecule has 25 heavy (non-hydrogen) atoms. The monoisotopic (exact) mass is 398 g/mol. The van der Waals surface area contributed by atoms with E-state index < -0.39 is 10.0 Å². The molecule has 1 aliphatic rings. The Morgan fingerprint density at radius 1 is 0.880 bits per heavy atom. The number of benzene rings is 2. The van der Waals surface area contributed by atoms with E-state index in [4.69, 9.17) is 23.2 Å². The zero-order chi connectivity index (χ0) is 18.2. The van der Waals surface area contributed by atoms with Crippen LogP contribution >= 0.6 is 23.2 Å². The molecule has 4 nitrogen and oxygen atoms in total. The largest absolute Gasteiger partial charge is 0.369 e. The fourth-order valence-electron chi connectivity index (χ4n) is 3.01. The summed E-state index contributed by atoms with van der Waals surface area (Å²) in [7, 11) is -3.52. The van der Waals surface area contributed by atoms with Crippen molar-refractivity contribution in [2.24, 2.45) is 0 Å². The number of sulfonamides is 1. The first-order valence-electron chi connectivity index (χ1n) is 8.06. The molecule has 1 heterocycles. The van der Waals surface area contributed by atoms with Crippen LogP contribution in [-0.2, 0) is 10.0 Å². The number of hydrogen-bond acceptors (Lipinski definition) is 3. The number of hydrogen-bond donors (Lipinski definition) is 0. The van der Waals surface area contributed by atoms with Crippen LogP contribution in [0.25, 0.3) is 0 Å². The average Bonchev–Trinajstić information content (AvgIpc) is 2.59. The molecule has 3 rings (SSSR count). The SMILES string of the molecule is Cc1cc(S(=O)(=O)N2CCN(c3ccc(Cl)cc3)CC2)c(C)cc1Cl. The van der Waals surface area contributed by atoms with Crippen LogP contribution in [0.5, 0.6) is 0 Å². The summed E-state index contributed by atoms with van der Waals surface area (Å²) in [6.07, 6.45) is 0. The third-order valence-electron chi connectivity index (χ3n) is 4.50. The van der Waals surface area contributed by atoms with Gasteiger partial charge >= 0.3 is 0 Å². The molecule has 0 unspecified atom stereocenters. The van der Waals surface area contributed by atoms with Crippen LogP contribution in [0.15, 0.2) is 41.3 Å². The van der Waals surface area contributed by atoms with E-state index in [2.05, 4.69) is 4.90 Å². The van der Waals surface area contributed by atoms with Gasteiger partial charge in [-0.15, -0.1) is 0 Å². The summed E-state index contributed by atoms with van der Waals surface area (Å²) in [5.74, 6) is 0. The van der Waals surface area contributed by atoms with Crippen LogP contribution in [0, 0.1) is 13.8 Å². The molecule has 0 aliphatic carbocycles. The van der Waals surface area contributed by atoms with Crippen molar-refractivity contribution in [2.45, 2.75) is 18.7 Å². The topological polar surface area (TPSA) is 40.6 Å². The molecule has 0 spiro atoms. The summed E-state index contributed by atoms with van der Waals surface area (Å²) in [4.78, 5) is 2.51. The van der Waals surface area contributed by atoms with Gasteiger partial charge in [0.2, 0.25) is 10.0 Å². The lowest BCUT2D eigenvalue weighted by molar-refractivity contribution is 0.384. The smallest absolute Gasteiger partial charge is 0.243 e. The third-order valence-corrected chi connectivity index (χ3v) is 7.20. The van der Waals surface area contributed by atoms with Gasteiger partial charge in [-0.3, -0.25) is 0 Å². The minimum Gasteiger partial charge on any atom is -0.369 e. The molecule has 2 aromatic rings. The summed E-state index contributed by atoms with van der Waals surface area (Å²) in [6.45, 7) is 5.79. The summed E-state index contributed by atoms with van der Waals surface area (Å²) in [5.41, 5.74) is 2.50. The predicted octanol–water partition coefficient (Wildman–Crippen LogP) is 4.12. The van der Waals surface area contributed by atoms with Gasteiger partial charge in [0, 0.05) is 41.9 Å². The van der Waals surface area contributed by atoms with E-state index in [-0.39, 0.29) is 0 Å². The Kier molecular flexibility index (Phi) is 5.30. The molecular weight excluding hydrogens is 379 g/mol. The standard InChI is InChI=1S/C18H20Cl2N2O2S/c1-13-12-18(14(2)11-17(13)20)25(23,24)22-9-7-21(8-10-22)16-5-3-15(19)4-6-16/h3-6,11-12H,7-10H2,1-2H3. The van der Waals surface area contributed by atoms with Crippen LogP contribution in [0.1, 0.15) is 11.1 Å². The molecule has 1 saturated heterocycles. The second-order valence-electron chi connectivity index (χ2n) is 6.23. The average molecular weight is 399 g/mol. The number of anilines is 1. The quantitative estimate of drug-likeness (QED) is 0.780. The highest BCUT2D eigenvalue weighted by molar-refractivity contribution is 7.89. The second kappa shape index (κ2) is 7.16. The first kappa shape index (κ1) is 18.5. The Balaban J connectivity index is 1.78. The summed E-state index contributed by atoms with van der Waals surface area (Å²) >= 11 is 12.0. The van der Waals surface area contributed by atoms with Crippen molar-refractivity contribution in [1.82, 2.24) is 4.31 Å². The van der Waals surface area contributed by atoms with Gasteiger partial charge in [0.05, 0.1) is 4.90 Å². The maximum absolute atomic E-state index is 13.0. The third kappa shape index (κ3) is 3.80. The zero-order valence-corrected chi connectivity index (χ0v) is 16.5. The van der Waals surface area contributed by atoms with Crippen molar-refractivity contribution in [3.63, 3.8) is 0 Å². The lowest BCUT2D eigenvalue weighted by Gasteiger charge is -2.35. The Morgan fingerprint density at radius 3 is 2.08 bits per heavy atom. The van der Waals surface area contributed by atoms with Gasteiger partial charge in [-0.1, -0.05) is 23.2 Å². The molecule has 0 radical (unpaired) electrons. The molecule has 134 valence electrons. The fourth-order valence-corrected chi connectivity index (χ4v) is 5.07. The van der Waals surface area contributed by atoms with E-state index in [1.165, 1.54) is 0 Å². The maximum Gasteiger partial charge on any atom is 0.243 e. The van der Waals surface area contributed by atoms with Gasteiger partial charge in [-0.05, 0) is 61.4 Å². The van der Waals surface area contributed by atoms with Gasteiger partial charge in [-0.25, -0.2) is 8.42 Å². The van der Waals surface area contributed by atoms with Crippen LogP contribution < -0.4 is 4.90 Å². The molecule has 0 amide bonds. The van der Waals surface area contributed by atoms with Gasteiger partial charge in [0.25, 0.3) is 0 Å². The number of piperazine rings is 1. The number of halogens is 2. The first-order chi connectivity index (χ1) is 11.8. The summed E-state index contributed by atoms with van der Waals surface area (Å²) < 4.78 is 27.6. The molecule has 0 bridgehead atoms. The van der Waals surface area contributed by atoms with Crippen LogP contribution in [0.2, 0.25) is 10.0 Å². The Bertz CT molecular complexity index is 875. The van der Waals surface area contributed by atoms with E-state index in [1.807, 2.05) is 31.2 Å². The van der Waals surface area contributed by atoms with Crippen molar-refractivity contribution in [2.75, 3.05) is 31.1 Å². The number of rotatable bonds is 3. The first-order valence-corrected chi connectivity index (χ1v) is 10.3. The minimum atomic E-state index is -3.52. The molecule has 0 atom stereocenters. The number of nitrogens with zero attached hydrogens (tertiary/aromatic N) is 2. The van der Waals surface area contributed by atoms with E-state index in [0.717, 1.165) is 11.3 Å². The normalized spacial score (nSPS) is 16.2. The van der Waals surface area contributed by atoms with Crippen LogP contribution in [-0.4, -0.2) is 38.9 Å². The fraction of sp³-hybridized carbons (Fsp3) is 0.333. The van der Waals surface area contributed by atoms with E-state index in [9.17, 15) is 8.42 Å². The van der Waals surface area contributed by atoms with Crippen molar-refractivity contribution >= 4 is 38.9 Å². The van der Waals surface area contributed by atoms with Crippen molar-refractivity contribution in [3.05, 3.63) is 57.6 Å². The molecule has 1 fully saturated rings. The molecule has 1 aliphatic heterocycles. The van der Waals surface area contributed by atoms with Gasteiger partial charge in [0.15, 0.2) is 0 Å². The maximum atomic E-state index is 13.0. The van der Waals surface area contributed by atoms with E-state index in [1.54, 1.807) is 23.4 Å². The van der Waals surface area contributed by atoms with Gasteiger partial charge in [-0.2, -0.15) is 4.31 Å². The highest BCUT2D eigenvalue weighted by atomic mass is 35.5. The van der Waals surface area contributed by atoms with Crippen LogP contribution in [0.4, 0.5) is 5.69 Å². The van der Waals surface area contributed by atoms with Crippen molar-refractivity contribution in [1.29, 1.82) is 0 Å². The van der Waals surface area contributed by atoms with Gasteiger partial charge in [0.1, 0.15) is 0 Å². The van der Waals surface area contributed by atoms with Gasteiger partial charge < -0.3 is 4.90 Å². The Morgan fingerprint density at radius 2 is 1.48 bits per heavy atom. The minimum absolute atomic E-state index is 0.342.